The standard InChI is InChI=1S/C7H6NO/c8-7(9)6-4-2-1-3-5-6/h1-2,4-5H,(H2,8,9). The molecule has 2 N–H and O–H groups in total. The first-order valence-corrected chi connectivity index (χ1v) is 2.56. The van der Waals surface area contributed by atoms with Crippen molar-refractivity contribution in [2.45, 2.75) is 0 Å². The fourth-order valence-electron chi connectivity index (χ4n) is 0.547. The first kappa shape index (κ1) is 5.82. The molecule has 0 aromatic heterocycles. The lowest BCUT2D eigenvalue weighted by Crippen LogP contribution is -2.10. The van der Waals surface area contributed by atoms with Crippen LogP contribution < -0.4 is 5.73 Å². The minimum Gasteiger partial charge on any atom is -0.366 e. The zero-order chi connectivity index (χ0) is 6.69. The first-order chi connectivity index (χ1) is 4.30. The van der Waals surface area contributed by atoms with Gasteiger partial charge in [-0.3, -0.25) is 4.79 Å². The van der Waals surface area contributed by atoms with Gasteiger partial charge in [-0.1, -0.05) is 12.1 Å². The molecule has 0 aliphatic heterocycles. The van der Waals surface area contributed by atoms with Crippen LogP contribution in [-0.2, 0) is 0 Å². The maximum atomic E-state index is 10.4. The van der Waals surface area contributed by atoms with Crippen molar-refractivity contribution in [2.75, 3.05) is 0 Å². The highest BCUT2D eigenvalue weighted by Crippen LogP contribution is 1.94. The van der Waals surface area contributed by atoms with Crippen molar-refractivity contribution in [1.82, 2.24) is 0 Å². The molecule has 45 valence electrons. The molecule has 0 aliphatic rings. The number of carbonyl (C=O) groups excluding carboxylic acids is 1. The number of benzene rings is 1. The van der Waals surface area contributed by atoms with Gasteiger partial charge in [-0.05, 0) is 18.2 Å². The summed E-state index contributed by atoms with van der Waals surface area (Å²) in [5.74, 6) is -0.410. The van der Waals surface area contributed by atoms with Gasteiger partial charge >= 0.3 is 0 Å². The van der Waals surface area contributed by atoms with Crippen LogP contribution in [0.15, 0.2) is 24.3 Å². The van der Waals surface area contributed by atoms with Gasteiger partial charge in [0.15, 0.2) is 0 Å². The molecule has 1 aromatic carbocycles. The summed E-state index contributed by atoms with van der Waals surface area (Å²) in [6.07, 6.45) is 0. The highest BCUT2D eigenvalue weighted by atomic mass is 16.1. The molecule has 1 amide bonds. The van der Waals surface area contributed by atoms with E-state index in [0.29, 0.717) is 5.56 Å². The predicted octanol–water partition coefficient (Wildman–Crippen LogP) is 0.586. The van der Waals surface area contributed by atoms with Gasteiger partial charge in [-0.15, -0.1) is 0 Å². The van der Waals surface area contributed by atoms with E-state index in [1.807, 2.05) is 0 Å². The van der Waals surface area contributed by atoms with Crippen molar-refractivity contribution in [3.05, 3.63) is 35.9 Å². The topological polar surface area (TPSA) is 43.1 Å². The van der Waals surface area contributed by atoms with E-state index in [-0.39, 0.29) is 0 Å². The van der Waals surface area contributed by atoms with Crippen LogP contribution in [0.3, 0.4) is 0 Å². The Labute approximate surface area is 53.3 Å². The summed E-state index contributed by atoms with van der Waals surface area (Å²) in [4.78, 5) is 10.4. The van der Waals surface area contributed by atoms with Crippen LogP contribution in [0.1, 0.15) is 10.4 Å². The first-order valence-electron chi connectivity index (χ1n) is 2.56. The average Bonchev–Trinajstić information content (AvgIpc) is 1.90. The quantitative estimate of drug-likeness (QED) is 0.579. The molecule has 2 heteroatoms. The van der Waals surface area contributed by atoms with Crippen LogP contribution in [-0.4, -0.2) is 5.91 Å². The van der Waals surface area contributed by atoms with E-state index in [0.717, 1.165) is 0 Å². The van der Waals surface area contributed by atoms with Gasteiger partial charge in [0.1, 0.15) is 0 Å². The summed E-state index contributed by atoms with van der Waals surface area (Å²) in [6, 6.07) is 9.39. The lowest BCUT2D eigenvalue weighted by Gasteiger charge is -1.89. The Bertz CT molecular complexity index is 205. The fraction of sp³-hybridized carbons (Fsp3) is 0. The molecule has 0 saturated carbocycles. The molecule has 1 aromatic rings. The van der Waals surface area contributed by atoms with Crippen LogP contribution in [0.2, 0.25) is 0 Å². The summed E-state index contributed by atoms with van der Waals surface area (Å²) in [5, 5.41) is 0. The van der Waals surface area contributed by atoms with Gasteiger partial charge in [0.2, 0.25) is 5.91 Å². The molecular weight excluding hydrogens is 114 g/mol. The van der Waals surface area contributed by atoms with E-state index in [1.54, 1.807) is 24.3 Å². The number of primary amides is 1. The molecule has 0 spiro atoms. The van der Waals surface area contributed by atoms with E-state index in [1.165, 1.54) is 0 Å². The smallest absolute Gasteiger partial charge is 0.248 e. The fourth-order valence-corrected chi connectivity index (χ4v) is 0.547. The summed E-state index contributed by atoms with van der Waals surface area (Å²) in [7, 11) is 0. The zero-order valence-electron chi connectivity index (χ0n) is 4.79. The lowest BCUT2D eigenvalue weighted by molar-refractivity contribution is 0.100. The van der Waals surface area contributed by atoms with Crippen LogP contribution in [0, 0.1) is 6.07 Å². The predicted molar refractivity (Wildman–Crippen MR) is 33.8 cm³/mol. The molecule has 0 fully saturated rings. The molecule has 0 atom stereocenters. The monoisotopic (exact) mass is 120 g/mol. The average molecular weight is 120 g/mol. The van der Waals surface area contributed by atoms with Crippen LogP contribution >= 0.6 is 0 Å². The Morgan fingerprint density at radius 3 is 2.78 bits per heavy atom. The molecular formula is C7H6NO. The Morgan fingerprint density at radius 1 is 1.67 bits per heavy atom. The van der Waals surface area contributed by atoms with Crippen molar-refractivity contribution in [2.24, 2.45) is 5.73 Å². The summed E-state index contributed by atoms with van der Waals surface area (Å²) in [6.45, 7) is 0. The molecule has 0 aliphatic carbocycles. The van der Waals surface area contributed by atoms with E-state index in [2.05, 4.69) is 6.07 Å². The Balaban J connectivity index is 2.98. The van der Waals surface area contributed by atoms with Crippen molar-refractivity contribution < 1.29 is 4.79 Å². The summed E-state index contributed by atoms with van der Waals surface area (Å²) < 4.78 is 0. The molecule has 2 nitrogen and oxygen atoms in total. The third kappa shape index (κ3) is 1.29. The maximum Gasteiger partial charge on any atom is 0.248 e. The van der Waals surface area contributed by atoms with Gasteiger partial charge in [-0.25, -0.2) is 0 Å². The van der Waals surface area contributed by atoms with E-state index >= 15 is 0 Å². The van der Waals surface area contributed by atoms with Crippen molar-refractivity contribution in [1.29, 1.82) is 0 Å². The molecule has 1 radical (unpaired) electrons. The summed E-state index contributed by atoms with van der Waals surface area (Å²) in [5.41, 5.74) is 5.45. The van der Waals surface area contributed by atoms with Gasteiger partial charge in [0, 0.05) is 5.56 Å². The molecule has 1 rings (SSSR count). The van der Waals surface area contributed by atoms with E-state index < -0.39 is 5.91 Å². The largest absolute Gasteiger partial charge is 0.366 e. The second-order valence-corrected chi connectivity index (χ2v) is 1.66. The SMILES string of the molecule is NC(=O)c1c[c]ccc1. The number of carbonyl (C=O) groups is 1. The Hall–Kier alpha value is -1.31. The molecule has 0 saturated heterocycles. The molecule has 0 heterocycles. The Morgan fingerprint density at radius 2 is 2.44 bits per heavy atom. The van der Waals surface area contributed by atoms with Crippen LogP contribution in [0.25, 0.3) is 0 Å². The lowest BCUT2D eigenvalue weighted by atomic mass is 10.2. The van der Waals surface area contributed by atoms with Crippen LogP contribution in [0.5, 0.6) is 0 Å². The second kappa shape index (κ2) is 2.31. The normalized spacial score (nSPS) is 8.89. The Kier molecular flexibility index (Phi) is 1.49. The van der Waals surface area contributed by atoms with Crippen molar-refractivity contribution in [3.63, 3.8) is 0 Å². The number of rotatable bonds is 1. The second-order valence-electron chi connectivity index (χ2n) is 1.66. The minimum absolute atomic E-state index is 0.410. The summed E-state index contributed by atoms with van der Waals surface area (Å²) >= 11 is 0. The highest BCUT2D eigenvalue weighted by molar-refractivity contribution is 5.92. The van der Waals surface area contributed by atoms with E-state index in [4.69, 9.17) is 5.73 Å². The van der Waals surface area contributed by atoms with Crippen molar-refractivity contribution >= 4 is 5.91 Å². The van der Waals surface area contributed by atoms with E-state index in [9.17, 15) is 4.79 Å². The third-order valence-electron chi connectivity index (χ3n) is 0.992. The van der Waals surface area contributed by atoms with Gasteiger partial charge < -0.3 is 5.73 Å². The minimum atomic E-state index is -0.410. The molecule has 0 bridgehead atoms. The van der Waals surface area contributed by atoms with Gasteiger partial charge in [0.25, 0.3) is 0 Å². The van der Waals surface area contributed by atoms with Crippen molar-refractivity contribution in [3.8, 4) is 0 Å². The number of hydrogen-bond acceptors (Lipinski definition) is 1. The highest BCUT2D eigenvalue weighted by Gasteiger charge is 1.94. The molecule has 0 unspecified atom stereocenters. The number of hydrogen-bond donors (Lipinski definition) is 1. The number of amides is 1. The third-order valence-corrected chi connectivity index (χ3v) is 0.992. The zero-order valence-corrected chi connectivity index (χ0v) is 4.79. The maximum absolute atomic E-state index is 10.4. The van der Waals surface area contributed by atoms with Gasteiger partial charge in [-0.2, -0.15) is 0 Å². The number of nitrogens with two attached hydrogens (primary N) is 1. The molecule has 9 heavy (non-hydrogen) atoms. The van der Waals surface area contributed by atoms with Gasteiger partial charge in [0.05, 0.1) is 0 Å². The van der Waals surface area contributed by atoms with Crippen LogP contribution in [0.4, 0.5) is 0 Å².